The molecule has 0 amide bonds. The monoisotopic (exact) mass is 436 g/mol. The lowest BCUT2D eigenvalue weighted by Gasteiger charge is -2.22. The minimum Gasteiger partial charge on any atom is -0.478 e. The van der Waals surface area contributed by atoms with Gasteiger partial charge in [-0.15, -0.1) is 0 Å². The fraction of sp³-hybridized carbons (Fsp3) is 0.0312. The summed E-state index contributed by atoms with van der Waals surface area (Å²) in [6.07, 6.45) is 10.0. The molecule has 0 bridgehead atoms. The smallest absolute Gasteiger partial charge is 0.335 e. The maximum atomic E-state index is 11.5. The summed E-state index contributed by atoms with van der Waals surface area (Å²) in [5.74, 6) is -0.920. The molecule has 5 aromatic carbocycles. The highest BCUT2D eigenvalue weighted by atomic mass is 16.4. The van der Waals surface area contributed by atoms with Crippen molar-refractivity contribution in [2.45, 2.75) is 6.42 Å². The fourth-order valence-electron chi connectivity index (χ4n) is 5.56. The van der Waals surface area contributed by atoms with E-state index >= 15 is 0 Å². The van der Waals surface area contributed by atoms with Gasteiger partial charge in [-0.3, -0.25) is 0 Å². The van der Waals surface area contributed by atoms with Gasteiger partial charge in [-0.2, -0.15) is 0 Å². The highest BCUT2D eigenvalue weighted by Gasteiger charge is 2.19. The van der Waals surface area contributed by atoms with Gasteiger partial charge < -0.3 is 5.11 Å². The first-order valence-electron chi connectivity index (χ1n) is 11.5. The van der Waals surface area contributed by atoms with Gasteiger partial charge in [-0.25, -0.2) is 4.79 Å². The van der Waals surface area contributed by atoms with Crippen LogP contribution in [0.25, 0.3) is 55.6 Å². The molecule has 7 rings (SSSR count). The molecule has 0 heterocycles. The molecule has 34 heavy (non-hydrogen) atoms. The molecule has 0 radical (unpaired) electrons. The van der Waals surface area contributed by atoms with E-state index in [1.165, 1.54) is 43.8 Å². The number of carboxylic acid groups (broad SMARTS) is 1. The second kappa shape index (κ2) is 7.03. The zero-order chi connectivity index (χ0) is 22.8. The van der Waals surface area contributed by atoms with Gasteiger partial charge in [-0.05, 0) is 102 Å². The van der Waals surface area contributed by atoms with Gasteiger partial charge in [0.25, 0.3) is 0 Å². The predicted octanol–water partition coefficient (Wildman–Crippen LogP) is 7.77. The molecule has 0 fully saturated rings. The molecule has 0 spiro atoms. The van der Waals surface area contributed by atoms with E-state index < -0.39 is 5.97 Å². The summed E-state index contributed by atoms with van der Waals surface area (Å²) in [6.45, 7) is 0. The molecule has 0 aliphatic heterocycles. The number of benzene rings is 5. The third-order valence-electron chi connectivity index (χ3n) is 7.16. The van der Waals surface area contributed by atoms with E-state index in [2.05, 4.69) is 72.8 Å². The number of hydrogen-bond donors (Lipinski definition) is 1. The van der Waals surface area contributed by atoms with Crippen LogP contribution >= 0.6 is 0 Å². The van der Waals surface area contributed by atoms with E-state index in [1.807, 2.05) is 18.2 Å². The fourth-order valence-corrected chi connectivity index (χ4v) is 5.56. The van der Waals surface area contributed by atoms with Crippen molar-refractivity contribution in [3.8, 4) is 11.1 Å². The van der Waals surface area contributed by atoms with E-state index in [1.54, 1.807) is 12.2 Å². The van der Waals surface area contributed by atoms with Crippen LogP contribution in [-0.2, 0) is 11.2 Å². The topological polar surface area (TPSA) is 37.3 Å². The minimum absolute atomic E-state index is 0.278. The number of carboxylic acids is 1. The Bertz CT molecular complexity index is 1790. The van der Waals surface area contributed by atoms with Crippen molar-refractivity contribution in [3.63, 3.8) is 0 Å². The molecule has 0 atom stereocenters. The molecule has 2 aliphatic carbocycles. The Morgan fingerprint density at radius 1 is 0.706 bits per heavy atom. The van der Waals surface area contributed by atoms with Crippen LogP contribution < -0.4 is 0 Å². The molecule has 2 nitrogen and oxygen atoms in total. The Hall–Kier alpha value is -4.43. The molecule has 0 unspecified atom stereocenters. The molecular weight excluding hydrogens is 416 g/mol. The van der Waals surface area contributed by atoms with Gasteiger partial charge in [0, 0.05) is 0 Å². The van der Waals surface area contributed by atoms with Crippen LogP contribution in [0, 0.1) is 0 Å². The van der Waals surface area contributed by atoms with E-state index in [0.29, 0.717) is 0 Å². The Balaban J connectivity index is 1.49. The highest BCUT2D eigenvalue weighted by Crippen LogP contribution is 2.42. The third-order valence-corrected chi connectivity index (χ3v) is 7.16. The summed E-state index contributed by atoms with van der Waals surface area (Å²) in [5.41, 5.74) is 7.78. The van der Waals surface area contributed by atoms with Crippen molar-refractivity contribution < 1.29 is 9.90 Å². The summed E-state index contributed by atoms with van der Waals surface area (Å²) in [5, 5.41) is 16.8. The molecule has 160 valence electrons. The third kappa shape index (κ3) is 2.79. The lowest BCUT2D eigenvalue weighted by atomic mass is 9.82. The zero-order valence-corrected chi connectivity index (χ0v) is 18.4. The van der Waals surface area contributed by atoms with Crippen molar-refractivity contribution in [3.05, 3.63) is 119 Å². The molecule has 1 N–H and O–H groups in total. The molecule has 2 heteroatoms. The van der Waals surface area contributed by atoms with Crippen molar-refractivity contribution in [2.24, 2.45) is 0 Å². The number of hydrogen-bond acceptors (Lipinski definition) is 1. The van der Waals surface area contributed by atoms with E-state index in [0.717, 1.165) is 28.3 Å². The van der Waals surface area contributed by atoms with E-state index in [4.69, 9.17) is 0 Å². The van der Waals surface area contributed by atoms with Crippen molar-refractivity contribution >= 4 is 50.4 Å². The van der Waals surface area contributed by atoms with Crippen LogP contribution in [0.3, 0.4) is 0 Å². The van der Waals surface area contributed by atoms with Gasteiger partial charge in [0.15, 0.2) is 0 Å². The average molecular weight is 437 g/mol. The Morgan fingerprint density at radius 3 is 2.44 bits per heavy atom. The number of carbonyl (C=O) groups is 1. The summed E-state index contributed by atoms with van der Waals surface area (Å²) in [4.78, 5) is 11.5. The average Bonchev–Trinajstić information content (AvgIpc) is 2.82. The van der Waals surface area contributed by atoms with Crippen LogP contribution in [0.1, 0.15) is 22.3 Å². The Labute approximate surface area is 196 Å². The highest BCUT2D eigenvalue weighted by molar-refractivity contribution is 6.08. The second-order valence-electron chi connectivity index (χ2n) is 9.12. The standard InChI is InChI=1S/C32H20O2/c33-32(34)21-7-1-4-19-10-11-22-14-24-16-26-15-23-8-2-5-20-6-3-9-28(31(20)23)30(26)18-25(24)17-29(22)27(19)13-12-21/h1-14,16-18H,15H2,(H,33,34). The summed E-state index contributed by atoms with van der Waals surface area (Å²) in [7, 11) is 0. The van der Waals surface area contributed by atoms with Crippen LogP contribution in [0.15, 0.2) is 96.6 Å². The van der Waals surface area contributed by atoms with Crippen molar-refractivity contribution in [1.82, 2.24) is 0 Å². The van der Waals surface area contributed by atoms with Crippen molar-refractivity contribution in [1.29, 1.82) is 0 Å². The predicted molar refractivity (Wildman–Crippen MR) is 141 cm³/mol. The Kier molecular flexibility index (Phi) is 3.95. The molecule has 2 aliphatic rings. The molecule has 0 saturated heterocycles. The number of allylic oxidation sites excluding steroid dienone is 2. The van der Waals surface area contributed by atoms with Gasteiger partial charge in [0.1, 0.15) is 0 Å². The zero-order valence-electron chi connectivity index (χ0n) is 18.4. The van der Waals surface area contributed by atoms with Crippen LogP contribution in [0.4, 0.5) is 0 Å². The molecular formula is C32H20O2. The van der Waals surface area contributed by atoms with Crippen LogP contribution in [0.5, 0.6) is 0 Å². The van der Waals surface area contributed by atoms with E-state index in [-0.39, 0.29) is 5.57 Å². The first-order chi connectivity index (χ1) is 16.7. The molecule has 5 aromatic rings. The number of rotatable bonds is 1. The summed E-state index contributed by atoms with van der Waals surface area (Å²) in [6, 6.07) is 26.6. The minimum atomic E-state index is -0.920. The van der Waals surface area contributed by atoms with Crippen molar-refractivity contribution in [2.75, 3.05) is 0 Å². The van der Waals surface area contributed by atoms with Crippen LogP contribution in [0.2, 0.25) is 0 Å². The summed E-state index contributed by atoms with van der Waals surface area (Å²) >= 11 is 0. The number of aliphatic carboxylic acids is 1. The lowest BCUT2D eigenvalue weighted by Crippen LogP contribution is -2.01. The first kappa shape index (κ1) is 19.1. The maximum Gasteiger partial charge on any atom is 0.335 e. The molecule has 0 aromatic heterocycles. The van der Waals surface area contributed by atoms with Gasteiger partial charge >= 0.3 is 5.97 Å². The Morgan fingerprint density at radius 2 is 1.56 bits per heavy atom. The number of fused-ring (bicyclic) bond motifs is 6. The van der Waals surface area contributed by atoms with Crippen LogP contribution in [-0.4, -0.2) is 11.1 Å². The first-order valence-corrected chi connectivity index (χ1v) is 11.5. The summed E-state index contributed by atoms with van der Waals surface area (Å²) < 4.78 is 0. The SMILES string of the molecule is O=C(O)C1=CC=Cc2ccc3cc4cc5c(cc4cc3c2C=C1)-c1cccc2cccc(c12)C5. The quantitative estimate of drug-likeness (QED) is 0.267. The molecule has 0 saturated carbocycles. The second-order valence-corrected chi connectivity index (χ2v) is 9.12. The lowest BCUT2D eigenvalue weighted by molar-refractivity contribution is -0.132. The van der Waals surface area contributed by atoms with Gasteiger partial charge in [-0.1, -0.05) is 72.8 Å². The van der Waals surface area contributed by atoms with E-state index in [9.17, 15) is 9.90 Å². The largest absolute Gasteiger partial charge is 0.478 e. The van der Waals surface area contributed by atoms with Gasteiger partial charge in [0.05, 0.1) is 5.57 Å². The normalized spacial score (nSPS) is 13.9. The van der Waals surface area contributed by atoms with Gasteiger partial charge in [0.2, 0.25) is 0 Å². The maximum absolute atomic E-state index is 11.5.